The zero-order valence-corrected chi connectivity index (χ0v) is 20.7. The van der Waals surface area contributed by atoms with E-state index < -0.39 is 16.7 Å². The molecule has 0 unspecified atom stereocenters. The fourth-order valence-corrected chi connectivity index (χ4v) is 5.58. The SMILES string of the molecule is C=CNC(=O)[C@@H]1C[C@@H](O)[C@H](n2cnc3c(NCc4cc(C)ccn4)nc(-c4cncc(C)c4)nc32)S1. The second kappa shape index (κ2) is 10.0. The smallest absolute Gasteiger partial charge is 0.237 e. The summed E-state index contributed by atoms with van der Waals surface area (Å²) in [5, 5.41) is 16.0. The van der Waals surface area contributed by atoms with Gasteiger partial charge in [-0.25, -0.2) is 15.0 Å². The van der Waals surface area contributed by atoms with Crippen LogP contribution in [0.15, 0.2) is 55.9 Å². The van der Waals surface area contributed by atoms with Gasteiger partial charge < -0.3 is 15.7 Å². The summed E-state index contributed by atoms with van der Waals surface area (Å²) in [5.41, 5.74) is 4.87. The average Bonchev–Trinajstić information content (AvgIpc) is 3.46. The summed E-state index contributed by atoms with van der Waals surface area (Å²) in [6, 6.07) is 5.93. The van der Waals surface area contributed by atoms with Crippen LogP contribution < -0.4 is 10.6 Å². The Labute approximate surface area is 212 Å². The third-order valence-electron chi connectivity index (χ3n) is 5.86. The molecule has 1 fully saturated rings. The average molecular weight is 503 g/mol. The molecule has 1 aliphatic heterocycles. The maximum atomic E-state index is 12.4. The first-order valence-electron chi connectivity index (χ1n) is 11.5. The molecule has 11 heteroatoms. The molecule has 0 aliphatic carbocycles. The maximum Gasteiger partial charge on any atom is 0.237 e. The van der Waals surface area contributed by atoms with Crippen molar-refractivity contribution >= 4 is 34.7 Å². The van der Waals surface area contributed by atoms with Crippen LogP contribution in [0.25, 0.3) is 22.6 Å². The number of nitrogens with zero attached hydrogens (tertiary/aromatic N) is 6. The number of thioether (sulfide) groups is 1. The van der Waals surface area contributed by atoms with Gasteiger partial charge in [0.25, 0.3) is 0 Å². The summed E-state index contributed by atoms with van der Waals surface area (Å²) in [7, 11) is 0. The van der Waals surface area contributed by atoms with Crippen molar-refractivity contribution in [2.75, 3.05) is 5.32 Å². The highest BCUT2D eigenvalue weighted by molar-refractivity contribution is 8.01. The Hall–Kier alpha value is -3.83. The summed E-state index contributed by atoms with van der Waals surface area (Å²) in [6.45, 7) is 7.98. The molecule has 4 aromatic rings. The lowest BCUT2D eigenvalue weighted by Crippen LogP contribution is -2.27. The quantitative estimate of drug-likeness (QED) is 0.349. The van der Waals surface area contributed by atoms with Gasteiger partial charge in [-0.2, -0.15) is 0 Å². The number of carbonyl (C=O) groups is 1. The van der Waals surface area contributed by atoms with Crippen LogP contribution in [0.4, 0.5) is 5.82 Å². The van der Waals surface area contributed by atoms with E-state index in [0.717, 1.165) is 22.4 Å². The third kappa shape index (κ3) is 4.79. The lowest BCUT2D eigenvalue weighted by Gasteiger charge is -2.16. The third-order valence-corrected chi connectivity index (χ3v) is 7.42. The Morgan fingerprint density at radius 3 is 2.89 bits per heavy atom. The molecule has 3 N–H and O–H groups in total. The number of aliphatic hydroxyl groups is 1. The van der Waals surface area contributed by atoms with E-state index in [1.165, 1.54) is 18.0 Å². The van der Waals surface area contributed by atoms with Crippen molar-refractivity contribution in [1.29, 1.82) is 0 Å². The molecule has 0 aromatic carbocycles. The molecule has 5 heterocycles. The number of aromatic nitrogens is 6. The maximum absolute atomic E-state index is 12.4. The Morgan fingerprint density at radius 2 is 2.11 bits per heavy atom. The number of hydrogen-bond acceptors (Lipinski definition) is 9. The van der Waals surface area contributed by atoms with Crippen molar-refractivity contribution < 1.29 is 9.90 Å². The highest BCUT2D eigenvalue weighted by Gasteiger charge is 2.39. The number of aryl methyl sites for hydroxylation is 2. The van der Waals surface area contributed by atoms with Crippen LogP contribution >= 0.6 is 11.8 Å². The highest BCUT2D eigenvalue weighted by Crippen LogP contribution is 2.43. The van der Waals surface area contributed by atoms with Crippen molar-refractivity contribution in [3.05, 3.63) is 72.7 Å². The van der Waals surface area contributed by atoms with Crippen LogP contribution in [0.1, 0.15) is 28.6 Å². The molecule has 10 nitrogen and oxygen atoms in total. The van der Waals surface area contributed by atoms with E-state index in [4.69, 9.17) is 9.97 Å². The van der Waals surface area contributed by atoms with Gasteiger partial charge >= 0.3 is 0 Å². The van der Waals surface area contributed by atoms with E-state index >= 15 is 0 Å². The fourth-order valence-electron chi connectivity index (χ4n) is 4.17. The lowest BCUT2D eigenvalue weighted by molar-refractivity contribution is -0.119. The molecule has 3 atom stereocenters. The minimum absolute atomic E-state index is 0.185. The zero-order chi connectivity index (χ0) is 25.2. The second-order valence-electron chi connectivity index (χ2n) is 8.68. The minimum atomic E-state index is -0.750. The van der Waals surface area contributed by atoms with Gasteiger partial charge in [0.05, 0.1) is 29.9 Å². The van der Waals surface area contributed by atoms with Gasteiger partial charge in [-0.1, -0.05) is 6.58 Å². The van der Waals surface area contributed by atoms with Gasteiger partial charge in [0, 0.05) is 24.2 Å². The first kappa shape index (κ1) is 23.9. The number of carbonyl (C=O) groups excluding carboxylic acids is 1. The van der Waals surface area contributed by atoms with Crippen LogP contribution in [0.5, 0.6) is 0 Å². The second-order valence-corrected chi connectivity index (χ2v) is 10.0. The first-order valence-corrected chi connectivity index (χ1v) is 12.4. The van der Waals surface area contributed by atoms with Gasteiger partial charge in [-0.05, 0) is 55.8 Å². The van der Waals surface area contributed by atoms with Crippen LogP contribution in [-0.2, 0) is 11.3 Å². The number of hydrogen-bond donors (Lipinski definition) is 3. The van der Waals surface area contributed by atoms with Gasteiger partial charge in [-0.15, -0.1) is 11.8 Å². The topological polar surface area (TPSA) is 131 Å². The molecule has 0 saturated carbocycles. The van der Waals surface area contributed by atoms with Crippen LogP contribution in [0, 0.1) is 13.8 Å². The zero-order valence-electron chi connectivity index (χ0n) is 19.9. The Kier molecular flexibility index (Phi) is 6.66. The van der Waals surface area contributed by atoms with E-state index in [1.807, 2.05) is 36.6 Å². The van der Waals surface area contributed by atoms with E-state index in [0.29, 0.717) is 35.8 Å². The highest BCUT2D eigenvalue weighted by atomic mass is 32.2. The summed E-state index contributed by atoms with van der Waals surface area (Å²) in [5.74, 6) is 0.853. The number of nitrogens with one attached hydrogen (secondary N) is 2. The Morgan fingerprint density at radius 1 is 1.25 bits per heavy atom. The van der Waals surface area contributed by atoms with E-state index in [-0.39, 0.29) is 5.91 Å². The summed E-state index contributed by atoms with van der Waals surface area (Å²) < 4.78 is 1.82. The lowest BCUT2D eigenvalue weighted by atomic mass is 10.2. The summed E-state index contributed by atoms with van der Waals surface area (Å²) in [6.07, 6.45) is 7.83. The van der Waals surface area contributed by atoms with Crippen molar-refractivity contribution in [3.8, 4) is 11.4 Å². The molecule has 1 amide bonds. The predicted octanol–water partition coefficient (Wildman–Crippen LogP) is 3.14. The number of aliphatic hydroxyl groups excluding tert-OH is 1. The van der Waals surface area contributed by atoms with E-state index in [2.05, 4.69) is 32.2 Å². The van der Waals surface area contributed by atoms with Crippen molar-refractivity contribution in [3.63, 3.8) is 0 Å². The number of amides is 1. The van der Waals surface area contributed by atoms with Gasteiger partial charge in [0.2, 0.25) is 5.91 Å². The summed E-state index contributed by atoms with van der Waals surface area (Å²) >= 11 is 1.37. The molecule has 1 aliphatic rings. The summed E-state index contributed by atoms with van der Waals surface area (Å²) in [4.78, 5) is 35.2. The van der Waals surface area contributed by atoms with Gasteiger partial charge in [0.1, 0.15) is 5.37 Å². The molecule has 0 radical (unpaired) electrons. The monoisotopic (exact) mass is 502 g/mol. The molecule has 36 heavy (non-hydrogen) atoms. The predicted molar refractivity (Wildman–Crippen MR) is 139 cm³/mol. The van der Waals surface area contributed by atoms with Crippen LogP contribution in [0.3, 0.4) is 0 Å². The van der Waals surface area contributed by atoms with E-state index in [1.54, 1.807) is 24.9 Å². The standard InChI is InChI=1S/C25H26N8O2S/c1-4-27-24(35)19-9-18(34)25(36-19)33-13-30-20-22(29-12-17-8-14(2)5-6-28-17)31-21(32-23(20)33)16-7-15(3)10-26-11-16/h4-8,10-11,13,18-19,25,34H,1,9,12H2,2-3H3,(H,27,35)(H,29,31,32)/t18-,19+,25-/m1/s1. The first-order chi connectivity index (χ1) is 17.4. The Bertz CT molecular complexity index is 1440. The number of imidazole rings is 1. The van der Waals surface area contributed by atoms with Gasteiger partial charge in [-0.3, -0.25) is 19.3 Å². The number of rotatable bonds is 7. The molecule has 0 spiro atoms. The van der Waals surface area contributed by atoms with Crippen molar-refractivity contribution in [2.24, 2.45) is 0 Å². The fraction of sp³-hybridized carbons (Fsp3) is 0.280. The van der Waals surface area contributed by atoms with Crippen LogP contribution in [0.2, 0.25) is 0 Å². The number of anilines is 1. The molecule has 184 valence electrons. The molecular weight excluding hydrogens is 476 g/mol. The molecule has 4 aromatic heterocycles. The van der Waals surface area contributed by atoms with Gasteiger partial charge in [0.15, 0.2) is 22.8 Å². The molecule has 0 bridgehead atoms. The minimum Gasteiger partial charge on any atom is -0.390 e. The van der Waals surface area contributed by atoms with Crippen LogP contribution in [-0.4, -0.2) is 51.9 Å². The number of fused-ring (bicyclic) bond motifs is 1. The Balaban J connectivity index is 1.55. The van der Waals surface area contributed by atoms with E-state index in [9.17, 15) is 9.90 Å². The molecule has 1 saturated heterocycles. The molecular formula is C25H26N8O2S. The molecule has 5 rings (SSSR count). The number of pyridine rings is 2. The van der Waals surface area contributed by atoms with Crippen molar-refractivity contribution in [1.82, 2.24) is 34.8 Å². The van der Waals surface area contributed by atoms with Crippen molar-refractivity contribution in [2.45, 2.75) is 43.5 Å². The normalized spacial score (nSPS) is 19.4. The largest absolute Gasteiger partial charge is 0.390 e.